The molecule has 3 atom stereocenters. The van der Waals surface area contributed by atoms with Crippen molar-refractivity contribution in [2.24, 2.45) is 0 Å². The number of carbonyl (C=O) groups is 1. The Morgan fingerprint density at radius 2 is 1.94 bits per heavy atom. The van der Waals surface area contributed by atoms with E-state index in [1.165, 1.54) is 0 Å². The molecule has 0 aromatic heterocycles. The Morgan fingerprint density at radius 3 is 2.47 bits per heavy atom. The standard InChI is InChI=1S/C12H19BrO3Si/c1-4-17(5-2,6-3)16-9-7-8(13)10(14)12-11(9)15-12/h7,9,11-12H,4-6H2,1-3H3/t9-,11+,12-/m1/s1. The van der Waals surface area contributed by atoms with Gasteiger partial charge in [-0.2, -0.15) is 0 Å². The molecule has 0 N–H and O–H groups in total. The predicted octanol–water partition coefficient (Wildman–Crippen LogP) is 3.01. The van der Waals surface area contributed by atoms with Gasteiger partial charge < -0.3 is 9.16 Å². The summed E-state index contributed by atoms with van der Waals surface area (Å²) in [5.74, 6) is 0.0617. The molecule has 1 fully saturated rings. The number of fused-ring (bicyclic) bond motifs is 1. The fraction of sp³-hybridized carbons (Fsp3) is 0.750. The number of Topliss-reactive ketones (excluding diaryl/α,β-unsaturated/α-hetero) is 1. The van der Waals surface area contributed by atoms with E-state index in [1.807, 2.05) is 6.08 Å². The second-order valence-electron chi connectivity index (χ2n) is 4.73. The smallest absolute Gasteiger partial charge is 0.201 e. The van der Waals surface area contributed by atoms with Crippen LogP contribution < -0.4 is 0 Å². The van der Waals surface area contributed by atoms with Gasteiger partial charge in [-0.3, -0.25) is 4.79 Å². The van der Waals surface area contributed by atoms with Gasteiger partial charge in [0.25, 0.3) is 0 Å². The summed E-state index contributed by atoms with van der Waals surface area (Å²) in [6, 6.07) is 3.36. The van der Waals surface area contributed by atoms with Gasteiger partial charge in [0, 0.05) is 0 Å². The van der Waals surface area contributed by atoms with Crippen LogP contribution in [-0.4, -0.2) is 32.4 Å². The summed E-state index contributed by atoms with van der Waals surface area (Å²) < 4.78 is 12.4. The molecular formula is C12H19BrO3Si. The van der Waals surface area contributed by atoms with Crippen LogP contribution in [0.5, 0.6) is 0 Å². The van der Waals surface area contributed by atoms with E-state index in [-0.39, 0.29) is 24.1 Å². The average Bonchev–Trinajstić information content (AvgIpc) is 3.13. The van der Waals surface area contributed by atoms with E-state index in [2.05, 4.69) is 36.7 Å². The molecule has 1 aliphatic heterocycles. The molecule has 3 nitrogen and oxygen atoms in total. The summed E-state index contributed by atoms with van der Waals surface area (Å²) in [7, 11) is -1.63. The minimum Gasteiger partial charge on any atom is -0.408 e. The van der Waals surface area contributed by atoms with Crippen molar-refractivity contribution in [2.45, 2.75) is 57.2 Å². The second kappa shape index (κ2) is 4.95. The number of epoxide rings is 1. The van der Waals surface area contributed by atoms with Crippen LogP contribution in [0, 0.1) is 0 Å². The number of carbonyl (C=O) groups excluding carboxylic acids is 1. The van der Waals surface area contributed by atoms with Gasteiger partial charge in [-0.05, 0) is 40.1 Å². The Kier molecular flexibility index (Phi) is 3.92. The van der Waals surface area contributed by atoms with Crippen LogP contribution in [0.25, 0.3) is 0 Å². The lowest BCUT2D eigenvalue weighted by Crippen LogP contribution is -2.42. The third-order valence-electron chi connectivity index (χ3n) is 3.97. The van der Waals surface area contributed by atoms with Crippen LogP contribution in [0.3, 0.4) is 0 Å². The average molecular weight is 319 g/mol. The first-order valence-electron chi connectivity index (χ1n) is 6.31. The molecular weight excluding hydrogens is 300 g/mol. The normalized spacial score (nSPS) is 32.1. The largest absolute Gasteiger partial charge is 0.408 e. The molecule has 2 rings (SSSR count). The summed E-state index contributed by atoms with van der Waals surface area (Å²) in [5.41, 5.74) is 0. The minimum absolute atomic E-state index is 0.0275. The third kappa shape index (κ3) is 2.43. The van der Waals surface area contributed by atoms with Crippen molar-refractivity contribution >= 4 is 30.0 Å². The van der Waals surface area contributed by atoms with Gasteiger partial charge in [-0.15, -0.1) is 0 Å². The quantitative estimate of drug-likeness (QED) is 0.577. The van der Waals surface area contributed by atoms with Crippen LogP contribution in [0.15, 0.2) is 10.6 Å². The Bertz CT molecular complexity index is 343. The highest BCUT2D eigenvalue weighted by Gasteiger charge is 2.54. The van der Waals surface area contributed by atoms with Gasteiger partial charge in [0.15, 0.2) is 14.4 Å². The topological polar surface area (TPSA) is 38.8 Å². The minimum atomic E-state index is -1.63. The summed E-state index contributed by atoms with van der Waals surface area (Å²) in [5, 5.41) is 0. The Morgan fingerprint density at radius 1 is 1.35 bits per heavy atom. The van der Waals surface area contributed by atoms with Crippen molar-refractivity contribution in [3.05, 3.63) is 10.6 Å². The lowest BCUT2D eigenvalue weighted by molar-refractivity contribution is -0.116. The van der Waals surface area contributed by atoms with Crippen molar-refractivity contribution < 1.29 is 14.0 Å². The van der Waals surface area contributed by atoms with Crippen molar-refractivity contribution in [3.8, 4) is 0 Å². The highest BCUT2D eigenvalue weighted by molar-refractivity contribution is 9.12. The van der Waals surface area contributed by atoms with Gasteiger partial charge in [0.05, 0.1) is 10.6 Å². The maximum absolute atomic E-state index is 11.6. The van der Waals surface area contributed by atoms with Crippen molar-refractivity contribution in [3.63, 3.8) is 0 Å². The number of ketones is 1. The highest BCUT2D eigenvalue weighted by Crippen LogP contribution is 2.39. The van der Waals surface area contributed by atoms with Crippen molar-refractivity contribution in [1.29, 1.82) is 0 Å². The zero-order valence-electron chi connectivity index (χ0n) is 10.5. The highest BCUT2D eigenvalue weighted by atomic mass is 79.9. The van der Waals surface area contributed by atoms with Gasteiger partial charge >= 0.3 is 0 Å². The maximum Gasteiger partial charge on any atom is 0.201 e. The van der Waals surface area contributed by atoms with Crippen molar-refractivity contribution in [1.82, 2.24) is 0 Å². The number of halogens is 1. The zero-order valence-corrected chi connectivity index (χ0v) is 13.1. The van der Waals surface area contributed by atoms with E-state index < -0.39 is 8.32 Å². The van der Waals surface area contributed by atoms with E-state index in [4.69, 9.17) is 9.16 Å². The van der Waals surface area contributed by atoms with E-state index >= 15 is 0 Å². The summed E-state index contributed by atoms with van der Waals surface area (Å²) in [6.07, 6.45) is 1.58. The van der Waals surface area contributed by atoms with Crippen LogP contribution >= 0.6 is 15.9 Å². The van der Waals surface area contributed by atoms with E-state index in [9.17, 15) is 4.79 Å². The van der Waals surface area contributed by atoms with Crippen LogP contribution in [0.2, 0.25) is 18.1 Å². The molecule has 0 spiro atoms. The molecule has 96 valence electrons. The fourth-order valence-corrected chi connectivity index (χ4v) is 5.70. The first-order valence-corrected chi connectivity index (χ1v) is 9.64. The predicted molar refractivity (Wildman–Crippen MR) is 72.7 cm³/mol. The molecule has 0 bridgehead atoms. The van der Waals surface area contributed by atoms with Crippen molar-refractivity contribution in [2.75, 3.05) is 0 Å². The fourth-order valence-electron chi connectivity index (χ4n) is 2.43. The number of ether oxygens (including phenoxy) is 1. The molecule has 1 saturated heterocycles. The van der Waals surface area contributed by atoms with E-state index in [0.717, 1.165) is 18.1 Å². The molecule has 0 aromatic rings. The van der Waals surface area contributed by atoms with Gasteiger partial charge in [0.1, 0.15) is 6.10 Å². The maximum atomic E-state index is 11.6. The molecule has 1 heterocycles. The van der Waals surface area contributed by atoms with Crippen LogP contribution in [0.1, 0.15) is 20.8 Å². The van der Waals surface area contributed by atoms with Gasteiger partial charge in [-0.1, -0.05) is 20.8 Å². The van der Waals surface area contributed by atoms with Crippen LogP contribution in [-0.2, 0) is 14.0 Å². The summed E-state index contributed by atoms with van der Waals surface area (Å²) >= 11 is 3.30. The molecule has 0 saturated carbocycles. The molecule has 5 heteroatoms. The van der Waals surface area contributed by atoms with Gasteiger partial charge in [0.2, 0.25) is 5.78 Å². The molecule has 0 unspecified atom stereocenters. The molecule has 0 amide bonds. The summed E-state index contributed by atoms with van der Waals surface area (Å²) in [4.78, 5) is 11.6. The van der Waals surface area contributed by atoms with E-state index in [0.29, 0.717) is 4.48 Å². The Hall–Kier alpha value is 0.0269. The molecule has 0 aromatic carbocycles. The first kappa shape index (κ1) is 13.5. The number of rotatable bonds is 5. The molecule has 2 aliphatic rings. The number of hydrogen-bond acceptors (Lipinski definition) is 3. The SMILES string of the molecule is CC[Si](CC)(CC)O[C@@H]1C=C(Br)C(=O)[C@H]2O[C@H]21. The lowest BCUT2D eigenvalue weighted by Gasteiger charge is -2.32. The Labute approximate surface area is 112 Å². The molecule has 1 aliphatic carbocycles. The monoisotopic (exact) mass is 318 g/mol. The molecule has 0 radical (unpaired) electrons. The third-order valence-corrected chi connectivity index (χ3v) is 9.27. The second-order valence-corrected chi connectivity index (χ2v) is 10.3. The lowest BCUT2D eigenvalue weighted by atomic mass is 10.0. The van der Waals surface area contributed by atoms with Gasteiger partial charge in [-0.25, -0.2) is 0 Å². The number of hydrogen-bond donors (Lipinski definition) is 0. The molecule has 17 heavy (non-hydrogen) atoms. The first-order chi connectivity index (χ1) is 8.06. The zero-order chi connectivity index (χ0) is 12.6. The van der Waals surface area contributed by atoms with Crippen LogP contribution in [0.4, 0.5) is 0 Å². The summed E-state index contributed by atoms with van der Waals surface area (Å²) in [6.45, 7) is 6.62. The van der Waals surface area contributed by atoms with E-state index in [1.54, 1.807) is 0 Å². The Balaban J connectivity index is 2.11.